The van der Waals surface area contributed by atoms with Crippen molar-refractivity contribution >= 4 is 15.9 Å². The highest BCUT2D eigenvalue weighted by molar-refractivity contribution is 9.10. The quantitative estimate of drug-likeness (QED) is 0.907. The van der Waals surface area contributed by atoms with Crippen molar-refractivity contribution in [2.24, 2.45) is 13.0 Å². The van der Waals surface area contributed by atoms with Crippen LogP contribution in [0.4, 0.5) is 0 Å². The van der Waals surface area contributed by atoms with E-state index in [9.17, 15) is 0 Å². The Balaban J connectivity index is 2.18. The van der Waals surface area contributed by atoms with Crippen LogP contribution in [0.25, 0.3) is 0 Å². The standard InChI is InChI=1S/C13H23BrN4/c1-3-9-15-11(10-7-5-4-6-8-10)12-13(14)16-17-18(12)2/h10-11,15H,3-9H2,1-2H3. The highest BCUT2D eigenvalue weighted by Crippen LogP contribution is 2.36. The van der Waals surface area contributed by atoms with Crippen LogP contribution >= 0.6 is 15.9 Å². The number of nitrogens with zero attached hydrogens (tertiary/aromatic N) is 3. The number of hydrogen-bond acceptors (Lipinski definition) is 3. The topological polar surface area (TPSA) is 42.7 Å². The van der Waals surface area contributed by atoms with Gasteiger partial charge in [-0.1, -0.05) is 31.4 Å². The summed E-state index contributed by atoms with van der Waals surface area (Å²) in [7, 11) is 1.98. The summed E-state index contributed by atoms with van der Waals surface area (Å²) in [6, 6.07) is 0.389. The first kappa shape index (κ1) is 14.0. The largest absolute Gasteiger partial charge is 0.308 e. The Morgan fingerprint density at radius 1 is 1.39 bits per heavy atom. The Bertz CT molecular complexity index is 352. The van der Waals surface area contributed by atoms with Gasteiger partial charge in [0.15, 0.2) is 4.60 Å². The number of rotatable bonds is 5. The van der Waals surface area contributed by atoms with Crippen LogP contribution in [0.1, 0.15) is 57.2 Å². The summed E-state index contributed by atoms with van der Waals surface area (Å²) in [6.07, 6.45) is 7.90. The molecule has 0 aliphatic heterocycles. The van der Waals surface area contributed by atoms with Gasteiger partial charge in [0.1, 0.15) is 0 Å². The van der Waals surface area contributed by atoms with E-state index in [0.29, 0.717) is 6.04 Å². The zero-order valence-electron chi connectivity index (χ0n) is 11.3. The zero-order chi connectivity index (χ0) is 13.0. The molecular formula is C13H23BrN4. The van der Waals surface area contributed by atoms with Crippen LogP contribution in [0.2, 0.25) is 0 Å². The van der Waals surface area contributed by atoms with Gasteiger partial charge in [-0.05, 0) is 47.7 Å². The Kier molecular flexibility index (Phi) is 5.18. The predicted molar refractivity (Wildman–Crippen MR) is 76.3 cm³/mol. The van der Waals surface area contributed by atoms with Crippen LogP contribution in [-0.2, 0) is 7.05 Å². The molecule has 2 rings (SSSR count). The van der Waals surface area contributed by atoms with E-state index in [1.165, 1.54) is 37.8 Å². The summed E-state index contributed by atoms with van der Waals surface area (Å²) in [5, 5.41) is 11.9. The molecule has 4 nitrogen and oxygen atoms in total. The van der Waals surface area contributed by atoms with Gasteiger partial charge in [0.05, 0.1) is 11.7 Å². The molecular weight excluding hydrogens is 292 g/mol. The van der Waals surface area contributed by atoms with Crippen LogP contribution in [0, 0.1) is 5.92 Å². The molecule has 1 aromatic heterocycles. The molecule has 18 heavy (non-hydrogen) atoms. The first-order chi connectivity index (χ1) is 8.74. The van der Waals surface area contributed by atoms with Crippen LogP contribution in [0.5, 0.6) is 0 Å². The van der Waals surface area contributed by atoms with E-state index in [4.69, 9.17) is 0 Å². The summed E-state index contributed by atoms with van der Waals surface area (Å²) in [5.74, 6) is 0.721. The average Bonchev–Trinajstić information content (AvgIpc) is 2.72. The van der Waals surface area contributed by atoms with Crippen molar-refractivity contribution in [3.05, 3.63) is 10.3 Å². The van der Waals surface area contributed by atoms with E-state index in [0.717, 1.165) is 23.5 Å². The van der Waals surface area contributed by atoms with E-state index in [1.54, 1.807) is 0 Å². The fraction of sp³-hybridized carbons (Fsp3) is 0.846. The maximum absolute atomic E-state index is 4.13. The summed E-state index contributed by atoms with van der Waals surface area (Å²) in [4.78, 5) is 0. The van der Waals surface area contributed by atoms with E-state index >= 15 is 0 Å². The van der Waals surface area contributed by atoms with Crippen molar-refractivity contribution < 1.29 is 0 Å². The Morgan fingerprint density at radius 2 is 2.11 bits per heavy atom. The number of aromatic nitrogens is 3. The fourth-order valence-electron chi connectivity index (χ4n) is 2.92. The molecule has 102 valence electrons. The zero-order valence-corrected chi connectivity index (χ0v) is 12.9. The molecule has 0 saturated heterocycles. The maximum Gasteiger partial charge on any atom is 0.153 e. The van der Waals surface area contributed by atoms with Crippen molar-refractivity contribution in [2.45, 2.75) is 51.5 Å². The van der Waals surface area contributed by atoms with Gasteiger partial charge in [-0.3, -0.25) is 0 Å². The predicted octanol–water partition coefficient (Wildman–Crippen LogP) is 3.20. The van der Waals surface area contributed by atoms with Gasteiger partial charge in [-0.2, -0.15) is 0 Å². The Hall–Kier alpha value is -0.420. The van der Waals surface area contributed by atoms with Crippen LogP contribution in [-0.4, -0.2) is 21.5 Å². The molecule has 1 aromatic rings. The molecule has 1 aliphatic carbocycles. The average molecular weight is 315 g/mol. The van der Waals surface area contributed by atoms with Gasteiger partial charge in [0.2, 0.25) is 0 Å². The lowest BCUT2D eigenvalue weighted by Gasteiger charge is -2.31. The normalized spacial score (nSPS) is 19.1. The lowest BCUT2D eigenvalue weighted by Crippen LogP contribution is -2.32. The first-order valence-corrected chi connectivity index (χ1v) is 7.81. The minimum atomic E-state index is 0.389. The molecule has 1 unspecified atom stereocenters. The summed E-state index contributed by atoms with van der Waals surface area (Å²) in [5.41, 5.74) is 1.20. The molecule has 0 spiro atoms. The van der Waals surface area contributed by atoms with Crippen molar-refractivity contribution in [3.8, 4) is 0 Å². The second-order valence-electron chi connectivity index (χ2n) is 5.22. The number of halogens is 1. The van der Waals surface area contributed by atoms with Crippen molar-refractivity contribution in [1.82, 2.24) is 20.3 Å². The van der Waals surface area contributed by atoms with Crippen LogP contribution in [0.15, 0.2) is 4.60 Å². The lowest BCUT2D eigenvalue weighted by atomic mass is 9.82. The van der Waals surface area contributed by atoms with E-state index < -0.39 is 0 Å². The summed E-state index contributed by atoms with van der Waals surface area (Å²) < 4.78 is 2.80. The third-order valence-corrected chi connectivity index (χ3v) is 4.42. The van der Waals surface area contributed by atoms with Crippen LogP contribution in [0.3, 0.4) is 0 Å². The molecule has 1 atom stereocenters. The molecule has 1 fully saturated rings. The number of nitrogens with one attached hydrogen (secondary N) is 1. The second-order valence-corrected chi connectivity index (χ2v) is 5.97. The molecule has 1 saturated carbocycles. The second kappa shape index (κ2) is 6.66. The minimum absolute atomic E-state index is 0.389. The molecule has 1 N–H and O–H groups in total. The molecule has 0 radical (unpaired) electrons. The molecule has 1 heterocycles. The molecule has 0 bridgehead atoms. The van der Waals surface area contributed by atoms with Gasteiger partial charge in [-0.15, -0.1) is 5.10 Å². The van der Waals surface area contributed by atoms with E-state index in [-0.39, 0.29) is 0 Å². The van der Waals surface area contributed by atoms with Crippen molar-refractivity contribution in [1.29, 1.82) is 0 Å². The molecule has 0 aromatic carbocycles. The molecule has 1 aliphatic rings. The Labute approximate surface area is 118 Å². The first-order valence-electron chi connectivity index (χ1n) is 7.02. The van der Waals surface area contributed by atoms with Gasteiger partial charge in [0, 0.05) is 7.05 Å². The highest BCUT2D eigenvalue weighted by atomic mass is 79.9. The van der Waals surface area contributed by atoms with Gasteiger partial charge in [0.25, 0.3) is 0 Å². The summed E-state index contributed by atoms with van der Waals surface area (Å²) >= 11 is 3.54. The fourth-order valence-corrected chi connectivity index (χ4v) is 3.50. The third kappa shape index (κ3) is 3.12. The third-order valence-electron chi connectivity index (χ3n) is 3.86. The number of aryl methyl sites for hydroxylation is 1. The van der Waals surface area contributed by atoms with Gasteiger partial charge in [-0.25, -0.2) is 4.68 Å². The molecule has 5 heteroatoms. The molecule has 0 amide bonds. The van der Waals surface area contributed by atoms with Gasteiger partial charge < -0.3 is 5.32 Å². The van der Waals surface area contributed by atoms with E-state index in [2.05, 4.69) is 38.5 Å². The highest BCUT2D eigenvalue weighted by Gasteiger charge is 2.29. The SMILES string of the molecule is CCCNC(c1c(Br)nnn1C)C1CCCCC1. The van der Waals surface area contributed by atoms with Crippen molar-refractivity contribution in [3.63, 3.8) is 0 Å². The number of hydrogen-bond donors (Lipinski definition) is 1. The maximum atomic E-state index is 4.13. The van der Waals surface area contributed by atoms with Crippen LogP contribution < -0.4 is 5.32 Å². The van der Waals surface area contributed by atoms with E-state index in [1.807, 2.05) is 11.7 Å². The Morgan fingerprint density at radius 3 is 2.67 bits per heavy atom. The van der Waals surface area contributed by atoms with Gasteiger partial charge >= 0.3 is 0 Å². The minimum Gasteiger partial charge on any atom is -0.308 e. The summed E-state index contributed by atoms with van der Waals surface area (Å²) in [6.45, 7) is 3.26. The lowest BCUT2D eigenvalue weighted by molar-refractivity contribution is 0.262. The monoisotopic (exact) mass is 314 g/mol. The smallest absolute Gasteiger partial charge is 0.153 e. The van der Waals surface area contributed by atoms with Crippen molar-refractivity contribution in [2.75, 3.05) is 6.54 Å².